The molecule has 4 heteroatoms. The van der Waals surface area contributed by atoms with E-state index in [1.165, 1.54) is 17.5 Å². The summed E-state index contributed by atoms with van der Waals surface area (Å²) in [6.07, 6.45) is 7.60. The van der Waals surface area contributed by atoms with Crippen LogP contribution in [-0.2, 0) is 0 Å². The number of nitrogen functional groups attached to an aromatic ring is 1. The summed E-state index contributed by atoms with van der Waals surface area (Å²) in [5.74, 6) is 0.442. The summed E-state index contributed by atoms with van der Waals surface area (Å²) in [6.45, 7) is 6.57. The standard InChI is InChI=1S/C21H26N4/c1-14(2)19-6-4-17(13-21(19)25-11-9-15(3)24-25)16-5-7-20(23)18(12-16)8-10-22/h4-15,24H,22-23H2,1-3H3/b10-8-. The van der Waals surface area contributed by atoms with Crippen LogP contribution in [0.4, 0.5) is 11.4 Å². The Balaban J connectivity index is 2.06. The van der Waals surface area contributed by atoms with Gasteiger partial charge >= 0.3 is 0 Å². The summed E-state index contributed by atoms with van der Waals surface area (Å²) in [4.78, 5) is 0. The maximum atomic E-state index is 6.03. The zero-order valence-electron chi connectivity index (χ0n) is 15.0. The lowest BCUT2D eigenvalue weighted by Gasteiger charge is -2.24. The van der Waals surface area contributed by atoms with E-state index in [-0.39, 0.29) is 0 Å². The molecule has 4 nitrogen and oxygen atoms in total. The number of hydrazine groups is 1. The van der Waals surface area contributed by atoms with Crippen molar-refractivity contribution in [1.29, 1.82) is 0 Å². The fourth-order valence-electron chi connectivity index (χ4n) is 3.09. The third-order valence-electron chi connectivity index (χ3n) is 4.47. The molecule has 1 aliphatic heterocycles. The van der Waals surface area contributed by atoms with Gasteiger partial charge in [-0.1, -0.05) is 32.0 Å². The van der Waals surface area contributed by atoms with Crippen molar-refractivity contribution in [3.63, 3.8) is 0 Å². The Kier molecular flexibility index (Phi) is 4.81. The van der Waals surface area contributed by atoms with Gasteiger partial charge in [0, 0.05) is 17.9 Å². The number of hydrogen-bond acceptors (Lipinski definition) is 4. The Labute approximate surface area is 149 Å². The van der Waals surface area contributed by atoms with Gasteiger partial charge in [0.25, 0.3) is 0 Å². The van der Waals surface area contributed by atoms with Crippen LogP contribution < -0.4 is 21.9 Å². The lowest BCUT2D eigenvalue weighted by Crippen LogP contribution is -2.34. The van der Waals surface area contributed by atoms with Gasteiger partial charge in [-0.15, -0.1) is 0 Å². The summed E-state index contributed by atoms with van der Waals surface area (Å²) in [7, 11) is 0. The largest absolute Gasteiger partial charge is 0.405 e. The van der Waals surface area contributed by atoms with Gasteiger partial charge in [-0.25, -0.2) is 5.43 Å². The van der Waals surface area contributed by atoms with E-state index in [0.717, 1.165) is 22.4 Å². The third kappa shape index (κ3) is 3.54. The van der Waals surface area contributed by atoms with Crippen LogP contribution in [0.15, 0.2) is 54.9 Å². The molecule has 1 unspecified atom stereocenters. The summed E-state index contributed by atoms with van der Waals surface area (Å²) < 4.78 is 0. The van der Waals surface area contributed by atoms with Gasteiger partial charge in [0.1, 0.15) is 0 Å². The number of rotatable bonds is 4. The van der Waals surface area contributed by atoms with Crippen LogP contribution in [0, 0.1) is 0 Å². The maximum absolute atomic E-state index is 6.03. The van der Waals surface area contributed by atoms with Crippen LogP contribution in [0.5, 0.6) is 0 Å². The zero-order valence-corrected chi connectivity index (χ0v) is 15.0. The molecule has 1 aliphatic rings. The Morgan fingerprint density at radius 3 is 2.48 bits per heavy atom. The van der Waals surface area contributed by atoms with Crippen molar-refractivity contribution in [2.24, 2.45) is 5.73 Å². The minimum absolute atomic E-state index is 0.335. The van der Waals surface area contributed by atoms with Crippen LogP contribution in [0.2, 0.25) is 0 Å². The number of nitrogens with zero attached hydrogens (tertiary/aromatic N) is 1. The average Bonchev–Trinajstić information content (AvgIpc) is 3.03. The van der Waals surface area contributed by atoms with E-state index in [9.17, 15) is 0 Å². The lowest BCUT2D eigenvalue weighted by molar-refractivity contribution is 0.678. The van der Waals surface area contributed by atoms with E-state index in [4.69, 9.17) is 11.5 Å². The van der Waals surface area contributed by atoms with Crippen molar-refractivity contribution in [3.05, 3.63) is 66.0 Å². The molecule has 1 heterocycles. The average molecular weight is 334 g/mol. The monoisotopic (exact) mass is 334 g/mol. The first-order valence-electron chi connectivity index (χ1n) is 8.65. The Bertz CT molecular complexity index is 821. The second kappa shape index (κ2) is 7.03. The molecule has 0 saturated heterocycles. The first-order chi connectivity index (χ1) is 12.0. The fourth-order valence-corrected chi connectivity index (χ4v) is 3.09. The van der Waals surface area contributed by atoms with Gasteiger partial charge < -0.3 is 11.5 Å². The molecule has 1 atom stereocenters. The number of nitrogens with one attached hydrogen (secondary N) is 1. The van der Waals surface area contributed by atoms with Crippen molar-refractivity contribution < 1.29 is 0 Å². The van der Waals surface area contributed by atoms with Crippen molar-refractivity contribution in [2.75, 3.05) is 10.7 Å². The normalized spacial score (nSPS) is 17.1. The molecular formula is C21H26N4. The molecule has 0 saturated carbocycles. The number of hydrogen-bond donors (Lipinski definition) is 3. The van der Waals surface area contributed by atoms with Crippen molar-refractivity contribution in [2.45, 2.75) is 32.7 Å². The zero-order chi connectivity index (χ0) is 18.0. The van der Waals surface area contributed by atoms with Crippen LogP contribution in [0.1, 0.15) is 37.8 Å². The minimum Gasteiger partial charge on any atom is -0.405 e. The highest BCUT2D eigenvalue weighted by Gasteiger charge is 2.18. The van der Waals surface area contributed by atoms with Gasteiger partial charge in [-0.3, -0.25) is 5.01 Å². The second-order valence-electron chi connectivity index (χ2n) is 6.76. The molecular weight excluding hydrogens is 308 g/mol. The molecule has 0 radical (unpaired) electrons. The summed E-state index contributed by atoms with van der Waals surface area (Å²) >= 11 is 0. The molecule has 0 aromatic heterocycles. The minimum atomic E-state index is 0.335. The van der Waals surface area contributed by atoms with Crippen LogP contribution in [-0.4, -0.2) is 6.04 Å². The second-order valence-corrected chi connectivity index (χ2v) is 6.76. The number of nitrogens with two attached hydrogens (primary N) is 2. The molecule has 5 N–H and O–H groups in total. The van der Waals surface area contributed by atoms with E-state index < -0.39 is 0 Å². The molecule has 0 aliphatic carbocycles. The lowest BCUT2D eigenvalue weighted by atomic mass is 9.95. The molecule has 0 spiro atoms. The van der Waals surface area contributed by atoms with E-state index in [1.807, 2.05) is 18.2 Å². The maximum Gasteiger partial charge on any atom is 0.0611 e. The SMILES string of the molecule is CC1C=CN(c2cc(-c3ccc(N)c(/C=C\N)c3)ccc2C(C)C)N1. The molecule has 2 aromatic carbocycles. The molecule has 0 amide bonds. The summed E-state index contributed by atoms with van der Waals surface area (Å²) in [5.41, 5.74) is 21.4. The van der Waals surface area contributed by atoms with Crippen molar-refractivity contribution in [3.8, 4) is 11.1 Å². The molecule has 130 valence electrons. The van der Waals surface area contributed by atoms with Crippen LogP contribution in [0.3, 0.4) is 0 Å². The number of benzene rings is 2. The molecule has 0 fully saturated rings. The van der Waals surface area contributed by atoms with E-state index in [2.05, 4.69) is 67.7 Å². The van der Waals surface area contributed by atoms with E-state index >= 15 is 0 Å². The Hall–Kier alpha value is -2.72. The first-order valence-corrected chi connectivity index (χ1v) is 8.65. The topological polar surface area (TPSA) is 67.3 Å². The first kappa shape index (κ1) is 17.1. The van der Waals surface area contributed by atoms with Crippen molar-refractivity contribution in [1.82, 2.24) is 5.43 Å². The Morgan fingerprint density at radius 1 is 1.12 bits per heavy atom. The van der Waals surface area contributed by atoms with Gasteiger partial charge in [0.05, 0.1) is 5.69 Å². The van der Waals surface area contributed by atoms with E-state index in [0.29, 0.717) is 12.0 Å². The fraction of sp³-hybridized carbons (Fsp3) is 0.238. The van der Waals surface area contributed by atoms with Gasteiger partial charge in [0.15, 0.2) is 0 Å². The van der Waals surface area contributed by atoms with Gasteiger partial charge in [-0.05, 0) is 71.6 Å². The molecule has 3 rings (SSSR count). The summed E-state index contributed by atoms with van der Waals surface area (Å²) in [5, 5.41) is 2.11. The smallest absolute Gasteiger partial charge is 0.0611 e. The highest BCUT2D eigenvalue weighted by atomic mass is 15.5. The predicted octanol–water partition coefficient (Wildman–Crippen LogP) is 4.22. The predicted molar refractivity (Wildman–Crippen MR) is 108 cm³/mol. The van der Waals surface area contributed by atoms with Crippen LogP contribution >= 0.6 is 0 Å². The molecule has 25 heavy (non-hydrogen) atoms. The quantitative estimate of drug-likeness (QED) is 0.733. The summed E-state index contributed by atoms with van der Waals surface area (Å²) in [6, 6.07) is 13.0. The van der Waals surface area contributed by atoms with Crippen molar-refractivity contribution >= 4 is 17.5 Å². The van der Waals surface area contributed by atoms with Gasteiger partial charge in [0.2, 0.25) is 0 Å². The number of anilines is 2. The molecule has 2 aromatic rings. The Morgan fingerprint density at radius 2 is 1.84 bits per heavy atom. The highest BCUT2D eigenvalue weighted by Crippen LogP contribution is 2.34. The third-order valence-corrected chi connectivity index (χ3v) is 4.47. The van der Waals surface area contributed by atoms with Gasteiger partial charge in [-0.2, -0.15) is 0 Å². The molecule has 0 bridgehead atoms. The van der Waals surface area contributed by atoms with Crippen LogP contribution in [0.25, 0.3) is 17.2 Å². The van der Waals surface area contributed by atoms with E-state index in [1.54, 1.807) is 0 Å². The highest BCUT2D eigenvalue weighted by molar-refractivity contribution is 5.77.